The van der Waals surface area contributed by atoms with Gasteiger partial charge in [-0.3, -0.25) is 4.79 Å². The molecule has 0 amide bonds. The minimum atomic E-state index is -0.202. The van der Waals surface area contributed by atoms with Crippen LogP contribution < -0.4 is 14.2 Å². The van der Waals surface area contributed by atoms with E-state index < -0.39 is 0 Å². The Morgan fingerprint density at radius 1 is 0.879 bits per heavy atom. The Kier molecular flexibility index (Phi) is 7.18. The maximum Gasteiger partial charge on any atom is 0.309 e. The molecule has 0 aromatic heterocycles. The fourth-order valence-electron chi connectivity index (χ4n) is 4.34. The van der Waals surface area contributed by atoms with Crippen molar-refractivity contribution in [3.8, 4) is 17.2 Å². The van der Waals surface area contributed by atoms with Crippen LogP contribution in [-0.2, 0) is 22.6 Å². The van der Waals surface area contributed by atoms with Gasteiger partial charge >= 0.3 is 5.97 Å². The molecule has 33 heavy (non-hydrogen) atoms. The van der Waals surface area contributed by atoms with E-state index in [9.17, 15) is 4.79 Å². The molecule has 0 bridgehead atoms. The first-order valence-corrected chi connectivity index (χ1v) is 11.2. The summed E-state index contributed by atoms with van der Waals surface area (Å²) >= 11 is 0. The average molecular weight is 447 g/mol. The molecule has 1 aliphatic heterocycles. The Bertz CT molecular complexity index is 1090. The lowest BCUT2D eigenvalue weighted by Crippen LogP contribution is -2.30. The molecule has 1 fully saturated rings. The summed E-state index contributed by atoms with van der Waals surface area (Å²) in [5.41, 5.74) is 4.37. The highest BCUT2D eigenvalue weighted by molar-refractivity contribution is 5.74. The number of methoxy groups -OCH3 is 2. The molecule has 0 spiro atoms. The molecule has 0 aliphatic carbocycles. The average Bonchev–Trinajstić information content (AvgIpc) is 2.85. The van der Waals surface area contributed by atoms with Crippen LogP contribution in [0, 0.1) is 12.8 Å². The number of hydrogen-bond acceptors (Lipinski definition) is 5. The van der Waals surface area contributed by atoms with E-state index in [4.69, 9.17) is 18.9 Å². The Morgan fingerprint density at radius 2 is 1.64 bits per heavy atom. The highest BCUT2D eigenvalue weighted by Crippen LogP contribution is 2.35. The van der Waals surface area contributed by atoms with Crippen molar-refractivity contribution in [2.75, 3.05) is 20.8 Å². The van der Waals surface area contributed by atoms with Crippen molar-refractivity contribution in [2.45, 2.75) is 32.3 Å². The summed E-state index contributed by atoms with van der Waals surface area (Å²) in [7, 11) is 3.30. The molecule has 0 saturated carbocycles. The molecule has 1 aliphatic rings. The van der Waals surface area contributed by atoms with Crippen molar-refractivity contribution in [3.05, 3.63) is 89.0 Å². The van der Waals surface area contributed by atoms with Gasteiger partial charge in [-0.1, -0.05) is 48.5 Å². The van der Waals surface area contributed by atoms with Gasteiger partial charge < -0.3 is 18.9 Å². The first kappa shape index (κ1) is 22.7. The Balaban J connectivity index is 1.44. The number of hydrogen-bond donors (Lipinski definition) is 0. The monoisotopic (exact) mass is 446 g/mol. The summed E-state index contributed by atoms with van der Waals surface area (Å²) in [4.78, 5) is 12.5. The molecule has 1 unspecified atom stereocenters. The van der Waals surface area contributed by atoms with Crippen LogP contribution in [0.5, 0.6) is 17.2 Å². The molecule has 3 aromatic carbocycles. The number of benzene rings is 3. The molecule has 172 valence electrons. The van der Waals surface area contributed by atoms with Crippen LogP contribution in [0.15, 0.2) is 66.7 Å². The highest BCUT2D eigenvalue weighted by atomic mass is 16.5. The third-order valence-electron chi connectivity index (χ3n) is 6.17. The van der Waals surface area contributed by atoms with Gasteiger partial charge in [0.2, 0.25) is 0 Å². The second-order valence-electron chi connectivity index (χ2n) is 8.45. The first-order chi connectivity index (χ1) is 16.1. The summed E-state index contributed by atoms with van der Waals surface area (Å²) in [6.45, 7) is 2.91. The molecule has 2 atom stereocenters. The van der Waals surface area contributed by atoms with Crippen molar-refractivity contribution < 1.29 is 23.7 Å². The van der Waals surface area contributed by atoms with Gasteiger partial charge in [0, 0.05) is 5.92 Å². The molecular weight excluding hydrogens is 416 g/mol. The van der Waals surface area contributed by atoms with Crippen molar-refractivity contribution in [2.24, 2.45) is 5.92 Å². The Hall–Kier alpha value is -3.47. The zero-order valence-electron chi connectivity index (χ0n) is 19.4. The smallest absolute Gasteiger partial charge is 0.309 e. The predicted molar refractivity (Wildman–Crippen MR) is 127 cm³/mol. The van der Waals surface area contributed by atoms with E-state index in [0.29, 0.717) is 31.1 Å². The molecule has 0 radical (unpaired) electrons. The number of carbonyl (C=O) groups is 1. The summed E-state index contributed by atoms with van der Waals surface area (Å²) in [5.74, 6) is 2.04. The summed E-state index contributed by atoms with van der Waals surface area (Å²) < 4.78 is 22.5. The maximum absolute atomic E-state index is 12.5. The number of ether oxygens (including phenoxy) is 4. The van der Waals surface area contributed by atoms with Gasteiger partial charge in [0.1, 0.15) is 12.4 Å². The molecule has 1 saturated heterocycles. The summed E-state index contributed by atoms with van der Waals surface area (Å²) in [5, 5.41) is 0. The third-order valence-corrected chi connectivity index (χ3v) is 6.17. The van der Waals surface area contributed by atoms with Crippen molar-refractivity contribution in [1.82, 2.24) is 0 Å². The number of aryl methyl sites for hydroxylation is 1. The van der Waals surface area contributed by atoms with E-state index in [0.717, 1.165) is 28.9 Å². The second kappa shape index (κ2) is 10.4. The lowest BCUT2D eigenvalue weighted by atomic mass is 9.83. The van der Waals surface area contributed by atoms with Gasteiger partial charge in [0.15, 0.2) is 11.5 Å². The summed E-state index contributed by atoms with van der Waals surface area (Å²) in [6.07, 6.45) is 1.35. The minimum absolute atomic E-state index is 0.139. The molecule has 1 heterocycles. The van der Waals surface area contributed by atoms with E-state index >= 15 is 0 Å². The van der Waals surface area contributed by atoms with Crippen LogP contribution in [0.4, 0.5) is 0 Å². The van der Waals surface area contributed by atoms with Crippen LogP contribution in [0.2, 0.25) is 0 Å². The van der Waals surface area contributed by atoms with Gasteiger partial charge in [0.05, 0.1) is 26.7 Å². The normalized spacial score (nSPS) is 17.8. The minimum Gasteiger partial charge on any atom is -0.496 e. The van der Waals surface area contributed by atoms with Gasteiger partial charge in [-0.05, 0) is 60.2 Å². The molecule has 3 aromatic rings. The van der Waals surface area contributed by atoms with E-state index in [2.05, 4.69) is 12.1 Å². The maximum atomic E-state index is 12.5. The number of carbonyl (C=O) groups excluding carboxylic acids is 1. The second-order valence-corrected chi connectivity index (χ2v) is 8.45. The Labute approximate surface area is 195 Å². The predicted octanol–water partition coefficient (Wildman–Crippen LogP) is 5.48. The van der Waals surface area contributed by atoms with Crippen molar-refractivity contribution >= 4 is 5.97 Å². The fourth-order valence-corrected chi connectivity index (χ4v) is 4.34. The zero-order valence-corrected chi connectivity index (χ0v) is 19.4. The van der Waals surface area contributed by atoms with Gasteiger partial charge in [-0.2, -0.15) is 0 Å². The number of cyclic esters (lactones) is 1. The number of rotatable bonds is 8. The molecule has 4 rings (SSSR count). The SMILES string of the molecule is COc1ccc([C@H]2COC(=O)C(Cc3ccc(OCc4ccccc4)c(OC)c3)C2)cc1C. The largest absolute Gasteiger partial charge is 0.496 e. The molecule has 5 nitrogen and oxygen atoms in total. The van der Waals surface area contributed by atoms with E-state index in [-0.39, 0.29) is 17.8 Å². The third kappa shape index (κ3) is 5.48. The fraction of sp³-hybridized carbons (Fsp3) is 0.321. The van der Waals surface area contributed by atoms with Crippen LogP contribution in [0.1, 0.15) is 34.6 Å². The van der Waals surface area contributed by atoms with E-state index in [1.54, 1.807) is 14.2 Å². The zero-order chi connectivity index (χ0) is 23.2. The van der Waals surface area contributed by atoms with Crippen LogP contribution >= 0.6 is 0 Å². The molecular formula is C28H30O5. The topological polar surface area (TPSA) is 54.0 Å². The van der Waals surface area contributed by atoms with Crippen molar-refractivity contribution in [1.29, 1.82) is 0 Å². The van der Waals surface area contributed by atoms with Gasteiger partial charge in [-0.25, -0.2) is 0 Å². The first-order valence-electron chi connectivity index (χ1n) is 11.2. The summed E-state index contributed by atoms with van der Waals surface area (Å²) in [6, 6.07) is 22.0. The van der Waals surface area contributed by atoms with Gasteiger partial charge in [0.25, 0.3) is 0 Å². The lowest BCUT2D eigenvalue weighted by molar-refractivity contribution is -0.154. The van der Waals surface area contributed by atoms with Crippen LogP contribution in [-0.4, -0.2) is 26.8 Å². The number of esters is 1. The lowest BCUT2D eigenvalue weighted by Gasteiger charge is -2.29. The quantitative estimate of drug-likeness (QED) is 0.429. The molecule has 0 N–H and O–H groups in total. The Morgan fingerprint density at radius 3 is 2.36 bits per heavy atom. The van der Waals surface area contributed by atoms with E-state index in [1.165, 1.54) is 5.56 Å². The standard InChI is InChI=1S/C28H30O5/c1-19-13-22(10-12-25(19)30-2)24-16-23(28(29)33-18-24)14-21-9-11-26(27(15-21)31-3)32-17-20-7-5-4-6-8-20/h4-13,15,23-24H,14,16-18H2,1-3H3/t23?,24-/m1/s1. The van der Waals surface area contributed by atoms with E-state index in [1.807, 2.05) is 61.5 Å². The van der Waals surface area contributed by atoms with Crippen LogP contribution in [0.25, 0.3) is 0 Å². The highest BCUT2D eigenvalue weighted by Gasteiger charge is 2.31. The van der Waals surface area contributed by atoms with Crippen molar-refractivity contribution in [3.63, 3.8) is 0 Å². The van der Waals surface area contributed by atoms with Crippen LogP contribution in [0.3, 0.4) is 0 Å². The molecule has 5 heteroatoms. The van der Waals surface area contributed by atoms with Gasteiger partial charge in [-0.15, -0.1) is 0 Å².